The van der Waals surface area contributed by atoms with Crippen molar-refractivity contribution in [1.29, 1.82) is 0 Å². The van der Waals surface area contributed by atoms with Gasteiger partial charge in [-0.05, 0) is 69.3 Å². The van der Waals surface area contributed by atoms with Crippen LogP contribution in [0.3, 0.4) is 0 Å². The zero-order valence-electron chi connectivity index (χ0n) is 14.0. The molecule has 0 radical (unpaired) electrons. The largest absolute Gasteiger partial charge is 0.494 e. The van der Waals surface area contributed by atoms with Crippen molar-refractivity contribution >= 4 is 5.91 Å². The molecule has 1 fully saturated rings. The molecule has 2 aromatic rings. The fourth-order valence-electron chi connectivity index (χ4n) is 3.10. The second kappa shape index (κ2) is 8.02. The van der Waals surface area contributed by atoms with Crippen molar-refractivity contribution in [2.24, 2.45) is 0 Å². The van der Waals surface area contributed by atoms with Crippen molar-refractivity contribution in [2.75, 3.05) is 26.2 Å². The Morgan fingerprint density at radius 1 is 1.25 bits per heavy atom. The van der Waals surface area contributed by atoms with Gasteiger partial charge in [0.1, 0.15) is 11.5 Å². The lowest BCUT2D eigenvalue weighted by Crippen LogP contribution is -2.36. The van der Waals surface area contributed by atoms with Gasteiger partial charge in [-0.2, -0.15) is 0 Å². The van der Waals surface area contributed by atoms with Crippen LogP contribution in [0.4, 0.5) is 0 Å². The minimum absolute atomic E-state index is 0.0752. The van der Waals surface area contributed by atoms with Gasteiger partial charge < -0.3 is 14.5 Å². The molecule has 1 N–H and O–H groups in total. The number of hydrogen-bond acceptors (Lipinski definition) is 4. The molecule has 1 atom stereocenters. The van der Waals surface area contributed by atoms with Gasteiger partial charge in [-0.15, -0.1) is 0 Å². The number of nitrogens with one attached hydrogen (secondary N) is 1. The lowest BCUT2D eigenvalue weighted by atomic mass is 10.1. The highest BCUT2D eigenvalue weighted by atomic mass is 16.5. The maximum absolute atomic E-state index is 12.4. The number of amides is 1. The number of ether oxygens (including phenoxy) is 1. The number of benzene rings is 1. The molecule has 5 nitrogen and oxygen atoms in total. The Morgan fingerprint density at radius 3 is 2.62 bits per heavy atom. The molecule has 1 amide bonds. The van der Waals surface area contributed by atoms with Crippen molar-refractivity contribution in [3.05, 3.63) is 54.0 Å². The molecule has 2 heterocycles. The number of carbonyl (C=O) groups is 1. The molecule has 0 spiro atoms. The Morgan fingerprint density at radius 2 is 2.00 bits per heavy atom. The summed E-state index contributed by atoms with van der Waals surface area (Å²) in [5, 5.41) is 3.03. The Labute approximate surface area is 142 Å². The smallest absolute Gasteiger partial charge is 0.251 e. The average Bonchev–Trinajstić information content (AvgIpc) is 3.30. The van der Waals surface area contributed by atoms with Gasteiger partial charge in [-0.1, -0.05) is 0 Å². The number of rotatable bonds is 7. The highest BCUT2D eigenvalue weighted by molar-refractivity contribution is 5.94. The Bertz CT molecular complexity index is 631. The SMILES string of the molecule is CCOc1ccc(C(=O)NC[C@H](c2ccco2)N2CCCC2)cc1. The second-order valence-electron chi connectivity index (χ2n) is 5.94. The average molecular weight is 328 g/mol. The molecular weight excluding hydrogens is 304 g/mol. The topological polar surface area (TPSA) is 54.7 Å². The predicted octanol–water partition coefficient (Wildman–Crippen LogP) is 3.25. The molecule has 1 aliphatic heterocycles. The van der Waals surface area contributed by atoms with Crippen LogP contribution in [0, 0.1) is 0 Å². The number of likely N-dealkylation sites (tertiary alicyclic amines) is 1. The molecule has 128 valence electrons. The van der Waals surface area contributed by atoms with Crippen LogP contribution in [0.15, 0.2) is 47.1 Å². The van der Waals surface area contributed by atoms with Crippen molar-refractivity contribution in [3.8, 4) is 5.75 Å². The molecule has 0 saturated carbocycles. The predicted molar refractivity (Wildman–Crippen MR) is 92.2 cm³/mol. The van der Waals surface area contributed by atoms with Gasteiger partial charge in [0.2, 0.25) is 0 Å². The molecule has 0 unspecified atom stereocenters. The number of nitrogens with zero attached hydrogens (tertiary/aromatic N) is 1. The summed E-state index contributed by atoms with van der Waals surface area (Å²) >= 11 is 0. The Hall–Kier alpha value is -2.27. The molecule has 1 saturated heterocycles. The molecule has 5 heteroatoms. The first-order valence-corrected chi connectivity index (χ1v) is 8.56. The van der Waals surface area contributed by atoms with E-state index in [0.717, 1.165) is 24.6 Å². The van der Waals surface area contributed by atoms with Gasteiger partial charge in [-0.25, -0.2) is 0 Å². The van der Waals surface area contributed by atoms with Crippen LogP contribution in [0.1, 0.15) is 41.9 Å². The van der Waals surface area contributed by atoms with Crippen LogP contribution in [0.2, 0.25) is 0 Å². The normalized spacial score (nSPS) is 16.0. The van der Waals surface area contributed by atoms with Crippen LogP contribution in [0.25, 0.3) is 0 Å². The molecule has 1 aromatic carbocycles. The van der Waals surface area contributed by atoms with Crippen molar-refractivity contribution in [3.63, 3.8) is 0 Å². The van der Waals surface area contributed by atoms with E-state index in [1.165, 1.54) is 12.8 Å². The quantitative estimate of drug-likeness (QED) is 0.848. The van der Waals surface area contributed by atoms with Crippen LogP contribution >= 0.6 is 0 Å². The number of carbonyl (C=O) groups excluding carboxylic acids is 1. The first-order chi connectivity index (χ1) is 11.8. The maximum atomic E-state index is 12.4. The second-order valence-corrected chi connectivity index (χ2v) is 5.94. The Kier molecular flexibility index (Phi) is 5.54. The van der Waals surface area contributed by atoms with E-state index < -0.39 is 0 Å². The summed E-state index contributed by atoms with van der Waals surface area (Å²) in [5.74, 6) is 1.61. The third-order valence-electron chi connectivity index (χ3n) is 4.34. The van der Waals surface area contributed by atoms with Crippen LogP contribution in [0.5, 0.6) is 5.75 Å². The number of furan rings is 1. The summed E-state index contributed by atoms with van der Waals surface area (Å²) in [7, 11) is 0. The van der Waals surface area contributed by atoms with E-state index in [9.17, 15) is 4.79 Å². The highest BCUT2D eigenvalue weighted by Gasteiger charge is 2.26. The summed E-state index contributed by atoms with van der Waals surface area (Å²) in [6.45, 7) is 5.19. The van der Waals surface area contributed by atoms with Gasteiger partial charge in [0, 0.05) is 12.1 Å². The zero-order chi connectivity index (χ0) is 16.8. The highest BCUT2D eigenvalue weighted by Crippen LogP contribution is 2.25. The summed E-state index contributed by atoms with van der Waals surface area (Å²) in [5.41, 5.74) is 0.637. The standard InChI is InChI=1S/C19H24N2O3/c1-2-23-16-9-7-15(8-10-16)19(22)20-14-17(18-6-5-13-24-18)21-11-3-4-12-21/h5-10,13,17H,2-4,11-12,14H2,1H3,(H,20,22)/t17-/m1/s1. The first-order valence-electron chi connectivity index (χ1n) is 8.56. The fraction of sp³-hybridized carbons (Fsp3) is 0.421. The van der Waals surface area contributed by atoms with Crippen LogP contribution in [-0.4, -0.2) is 37.0 Å². The van der Waals surface area contributed by atoms with Gasteiger partial charge >= 0.3 is 0 Å². The molecule has 0 bridgehead atoms. The first kappa shape index (κ1) is 16.6. The zero-order valence-corrected chi connectivity index (χ0v) is 14.0. The van der Waals surface area contributed by atoms with Gasteiger partial charge in [0.25, 0.3) is 5.91 Å². The van der Waals surface area contributed by atoms with E-state index >= 15 is 0 Å². The number of hydrogen-bond donors (Lipinski definition) is 1. The third-order valence-corrected chi connectivity index (χ3v) is 4.34. The summed E-state index contributed by atoms with van der Waals surface area (Å²) < 4.78 is 11.0. The van der Waals surface area contributed by atoms with Crippen LogP contribution in [-0.2, 0) is 0 Å². The van der Waals surface area contributed by atoms with Crippen molar-refractivity contribution < 1.29 is 13.9 Å². The molecule has 3 rings (SSSR count). The van der Waals surface area contributed by atoms with E-state index in [4.69, 9.17) is 9.15 Å². The molecular formula is C19H24N2O3. The maximum Gasteiger partial charge on any atom is 0.251 e. The van der Waals surface area contributed by atoms with E-state index in [-0.39, 0.29) is 11.9 Å². The van der Waals surface area contributed by atoms with E-state index in [1.54, 1.807) is 18.4 Å². The van der Waals surface area contributed by atoms with E-state index in [1.807, 2.05) is 31.2 Å². The minimum atomic E-state index is -0.0752. The minimum Gasteiger partial charge on any atom is -0.494 e. The van der Waals surface area contributed by atoms with Gasteiger partial charge in [0.05, 0.1) is 18.9 Å². The fourth-order valence-corrected chi connectivity index (χ4v) is 3.10. The van der Waals surface area contributed by atoms with E-state index in [0.29, 0.717) is 18.7 Å². The summed E-state index contributed by atoms with van der Waals surface area (Å²) in [6, 6.07) is 11.2. The lowest BCUT2D eigenvalue weighted by molar-refractivity contribution is 0.0933. The molecule has 1 aliphatic rings. The van der Waals surface area contributed by atoms with Gasteiger partial charge in [0.15, 0.2) is 0 Å². The molecule has 1 aromatic heterocycles. The van der Waals surface area contributed by atoms with Crippen molar-refractivity contribution in [1.82, 2.24) is 10.2 Å². The monoisotopic (exact) mass is 328 g/mol. The van der Waals surface area contributed by atoms with Crippen molar-refractivity contribution in [2.45, 2.75) is 25.8 Å². The Balaban J connectivity index is 1.62. The molecule has 0 aliphatic carbocycles. The summed E-state index contributed by atoms with van der Waals surface area (Å²) in [4.78, 5) is 14.8. The van der Waals surface area contributed by atoms with Crippen LogP contribution < -0.4 is 10.1 Å². The van der Waals surface area contributed by atoms with E-state index in [2.05, 4.69) is 10.2 Å². The summed E-state index contributed by atoms with van der Waals surface area (Å²) in [6.07, 6.45) is 4.08. The lowest BCUT2D eigenvalue weighted by Gasteiger charge is -2.26. The third kappa shape index (κ3) is 3.97. The van der Waals surface area contributed by atoms with Gasteiger partial charge in [-0.3, -0.25) is 9.69 Å². The molecule has 24 heavy (non-hydrogen) atoms.